The first-order chi connectivity index (χ1) is 17.6. The molecule has 5 nitrogen and oxygen atoms in total. The van der Waals surface area contributed by atoms with E-state index in [1.54, 1.807) is 66.6 Å². The van der Waals surface area contributed by atoms with Crippen molar-refractivity contribution in [2.24, 2.45) is 0 Å². The molecule has 0 fully saturated rings. The number of fused-ring (bicyclic) bond motifs is 1. The molecular formula is C28H28CsF4N4O-. The fraction of sp³-hybridized carbons (Fsp3) is 0.214. The van der Waals surface area contributed by atoms with Crippen LogP contribution in [0.25, 0.3) is 22.4 Å². The van der Waals surface area contributed by atoms with Crippen LogP contribution in [0.15, 0.2) is 67.3 Å². The van der Waals surface area contributed by atoms with Crippen LogP contribution in [0, 0.1) is 13.7 Å². The van der Waals surface area contributed by atoms with Gasteiger partial charge in [-0.25, -0.2) is 4.98 Å². The quantitative estimate of drug-likeness (QED) is 0.249. The van der Waals surface area contributed by atoms with Crippen LogP contribution in [0.1, 0.15) is 28.2 Å². The van der Waals surface area contributed by atoms with Gasteiger partial charge in [-0.2, -0.15) is 13.2 Å². The number of nitrogens with one attached hydrogen (secondary N) is 2. The normalized spacial score (nSPS) is 12.4. The summed E-state index contributed by atoms with van der Waals surface area (Å²) >= 11 is 0. The Morgan fingerprint density at radius 1 is 1.18 bits per heavy atom. The van der Waals surface area contributed by atoms with Gasteiger partial charge >= 0.3 is 75.1 Å². The molecule has 2 N–H and O–H groups in total. The van der Waals surface area contributed by atoms with Crippen LogP contribution in [0.2, 0.25) is 0 Å². The summed E-state index contributed by atoms with van der Waals surface area (Å²) in [7, 11) is 5.50. The van der Waals surface area contributed by atoms with E-state index in [4.69, 9.17) is 0 Å². The third-order valence-electron chi connectivity index (χ3n) is 5.54. The van der Waals surface area contributed by atoms with E-state index >= 15 is 0 Å². The first kappa shape index (κ1) is 32.5. The van der Waals surface area contributed by atoms with Crippen LogP contribution in [0.3, 0.4) is 0 Å². The molecule has 0 spiro atoms. The van der Waals surface area contributed by atoms with Crippen molar-refractivity contribution in [3.05, 3.63) is 97.9 Å². The Balaban J connectivity index is 0.00000507. The molecule has 0 saturated heterocycles. The van der Waals surface area contributed by atoms with Gasteiger partial charge in [0.25, 0.3) is 5.91 Å². The Morgan fingerprint density at radius 2 is 1.89 bits per heavy atom. The Labute approximate surface area is 279 Å². The third-order valence-corrected chi connectivity index (χ3v) is 5.54. The summed E-state index contributed by atoms with van der Waals surface area (Å²) in [5.41, 5.74) is -0.235. The molecule has 0 radical (unpaired) electrons. The second-order valence-corrected chi connectivity index (χ2v) is 8.50. The molecule has 0 saturated carbocycles. The summed E-state index contributed by atoms with van der Waals surface area (Å²) < 4.78 is 54.4. The van der Waals surface area contributed by atoms with E-state index in [0.717, 1.165) is 0 Å². The number of nitrogens with zero attached hydrogens (tertiary/aromatic N) is 2. The number of alkyl halides is 3. The fourth-order valence-corrected chi connectivity index (χ4v) is 3.62. The Bertz CT molecular complexity index is 1260. The van der Waals surface area contributed by atoms with Gasteiger partial charge in [0.2, 0.25) is 0 Å². The van der Waals surface area contributed by atoms with Crippen molar-refractivity contribution < 1.29 is 91.2 Å². The molecule has 0 bridgehead atoms. The summed E-state index contributed by atoms with van der Waals surface area (Å²) in [6.07, 6.45) is -1.18. The van der Waals surface area contributed by atoms with Crippen molar-refractivity contribution in [2.45, 2.75) is 18.6 Å². The zero-order valence-corrected chi connectivity index (χ0v) is 27.6. The van der Waals surface area contributed by atoms with Crippen LogP contribution >= 0.6 is 0 Å². The molecule has 1 heterocycles. The summed E-state index contributed by atoms with van der Waals surface area (Å²) in [4.78, 5) is 18.1. The number of pyridine rings is 1. The molecular weight excluding hydrogens is 617 g/mol. The van der Waals surface area contributed by atoms with E-state index in [-0.39, 0.29) is 98.1 Å². The Morgan fingerprint density at radius 3 is 2.53 bits per heavy atom. The average molecular weight is 645 g/mol. The van der Waals surface area contributed by atoms with E-state index in [1.807, 2.05) is 0 Å². The van der Waals surface area contributed by atoms with E-state index < -0.39 is 17.8 Å². The van der Waals surface area contributed by atoms with Gasteiger partial charge in [-0.15, -0.1) is 6.67 Å². The van der Waals surface area contributed by atoms with Gasteiger partial charge < -0.3 is 19.9 Å². The molecule has 10 heteroatoms. The van der Waals surface area contributed by atoms with Gasteiger partial charge in [0, 0.05) is 28.6 Å². The number of aromatic nitrogens is 1. The Hall–Kier alpha value is -1.67. The van der Waals surface area contributed by atoms with Crippen LogP contribution < -0.4 is 79.5 Å². The summed E-state index contributed by atoms with van der Waals surface area (Å²) in [5.74, 6) is -0.282. The largest absolute Gasteiger partial charge is 1.00 e. The third kappa shape index (κ3) is 9.22. The van der Waals surface area contributed by atoms with Crippen molar-refractivity contribution in [3.8, 4) is 0 Å². The number of carbonyl (C=O) groups excluding carboxylic acids is 1. The zero-order chi connectivity index (χ0) is 27.0. The molecule has 2 aromatic carbocycles. The zero-order valence-electron chi connectivity index (χ0n) is 21.4. The molecule has 0 aliphatic heterocycles. The van der Waals surface area contributed by atoms with Gasteiger partial charge in [-0.3, -0.25) is 11.8 Å². The first-order valence-electron chi connectivity index (χ1n) is 11.5. The minimum atomic E-state index is -4.69. The number of halogens is 4. The second-order valence-electron chi connectivity index (χ2n) is 8.50. The molecule has 1 atom stereocenters. The van der Waals surface area contributed by atoms with Crippen molar-refractivity contribution in [2.75, 3.05) is 25.5 Å². The molecule has 196 valence electrons. The van der Waals surface area contributed by atoms with E-state index in [1.165, 1.54) is 12.1 Å². The topological polar surface area (TPSA) is 57.3 Å². The molecule has 0 unspecified atom stereocenters. The SMILES string of the molecule is C=C(c1nc(/C=C/CNC(=O)c2ccccc2)cc2c(N[C@@H]([CH-]F)CCN([CH2-])C)cccc12)C(F)(F)F.[Cs+]. The van der Waals surface area contributed by atoms with Crippen molar-refractivity contribution in [1.82, 2.24) is 15.2 Å². The van der Waals surface area contributed by atoms with Gasteiger partial charge in [0.05, 0.1) is 17.0 Å². The molecule has 0 aliphatic carbocycles. The number of allylic oxidation sites excluding steroid dienone is 1. The predicted molar refractivity (Wildman–Crippen MR) is 140 cm³/mol. The number of anilines is 1. The van der Waals surface area contributed by atoms with Crippen LogP contribution in [0.4, 0.5) is 23.2 Å². The number of amides is 1. The maximum absolute atomic E-state index is 13.6. The number of carbonyl (C=O) groups is 1. The number of hydrogen-bond acceptors (Lipinski definition) is 4. The molecule has 38 heavy (non-hydrogen) atoms. The van der Waals surface area contributed by atoms with Crippen LogP contribution in [-0.4, -0.2) is 48.1 Å². The van der Waals surface area contributed by atoms with Gasteiger partial charge in [-0.05, 0) is 50.4 Å². The summed E-state index contributed by atoms with van der Waals surface area (Å²) in [6.45, 7) is 4.38. The van der Waals surface area contributed by atoms with E-state index in [0.29, 0.717) is 36.3 Å². The number of hydrogen-bond donors (Lipinski definition) is 2. The van der Waals surface area contributed by atoms with Crippen molar-refractivity contribution in [1.29, 1.82) is 0 Å². The van der Waals surface area contributed by atoms with Crippen LogP contribution in [0.5, 0.6) is 0 Å². The average Bonchev–Trinajstić information content (AvgIpc) is 2.88. The van der Waals surface area contributed by atoms with Crippen molar-refractivity contribution in [3.63, 3.8) is 0 Å². The Kier molecular flexibility index (Phi) is 13.0. The molecule has 1 aromatic heterocycles. The monoisotopic (exact) mass is 645 g/mol. The second kappa shape index (κ2) is 15.2. The predicted octanol–water partition coefficient (Wildman–Crippen LogP) is 3.28. The van der Waals surface area contributed by atoms with E-state index in [9.17, 15) is 22.4 Å². The minimum absolute atomic E-state index is 0. The van der Waals surface area contributed by atoms with Gasteiger partial charge in [0.15, 0.2) is 0 Å². The van der Waals surface area contributed by atoms with E-state index in [2.05, 4.69) is 29.2 Å². The summed E-state index contributed by atoms with van der Waals surface area (Å²) in [6, 6.07) is 14.3. The smallest absolute Gasteiger partial charge is 0.462 e. The fourth-order valence-electron chi connectivity index (χ4n) is 3.62. The molecule has 1 amide bonds. The maximum atomic E-state index is 13.6. The van der Waals surface area contributed by atoms with Gasteiger partial charge in [0.1, 0.15) is 0 Å². The molecule has 0 aliphatic rings. The number of benzene rings is 2. The standard InChI is InChI=1S/C28H28F4N4O.Cs/c1-19(28(30,31)32)26-23-12-7-13-25(34-22(18-29)14-16-36(2)3)24(23)17-21(35-26)11-8-15-33-27(37)20-9-5-4-6-10-20;/h4-13,17-18,22,34H,1-2,14-16H2,3H3,(H,33,37);/q-2;+1/b11-8+;/t22-;/m1./s1. The minimum Gasteiger partial charge on any atom is -0.462 e. The van der Waals surface area contributed by atoms with Gasteiger partial charge in [-0.1, -0.05) is 49.0 Å². The summed E-state index contributed by atoms with van der Waals surface area (Å²) in [5, 5.41) is 6.43. The van der Waals surface area contributed by atoms with Crippen LogP contribution in [-0.2, 0) is 0 Å². The molecule has 3 aromatic rings. The van der Waals surface area contributed by atoms with Crippen molar-refractivity contribution >= 4 is 34.0 Å². The number of rotatable bonds is 11. The molecule has 3 rings (SSSR count). The first-order valence-corrected chi connectivity index (χ1v) is 11.5. The maximum Gasteiger partial charge on any atom is 1.00 e.